The van der Waals surface area contributed by atoms with Crippen molar-refractivity contribution in [3.05, 3.63) is 41.9 Å². The molecule has 4 bridgehead atoms. The number of anilines is 3. The average Bonchev–Trinajstić information content (AvgIpc) is 3.39. The highest BCUT2D eigenvalue weighted by atomic mass is 16.6. The second kappa shape index (κ2) is 9.04. The van der Waals surface area contributed by atoms with Gasteiger partial charge in [0.2, 0.25) is 0 Å². The quantitative estimate of drug-likeness (QED) is 0.402. The van der Waals surface area contributed by atoms with Gasteiger partial charge in [-0.1, -0.05) is 0 Å². The molecular weight excluding hydrogens is 476 g/mol. The Bertz CT molecular complexity index is 1520. The summed E-state index contributed by atoms with van der Waals surface area (Å²) in [7, 11) is 3.45. The highest BCUT2D eigenvalue weighted by Crippen LogP contribution is 2.30. The number of nitrogens with zero attached hydrogens (tertiary/aromatic N) is 6. The van der Waals surface area contributed by atoms with E-state index in [4.69, 9.17) is 9.47 Å². The number of carbonyl (C=O) groups excluding carboxylic acids is 2. The van der Waals surface area contributed by atoms with E-state index in [1.807, 2.05) is 32.3 Å². The minimum Gasteiger partial charge on any atom is -0.443 e. The molecule has 2 N–H and O–H groups in total. The first kappa shape index (κ1) is 24.5. The molecule has 4 heterocycles. The van der Waals surface area contributed by atoms with Crippen molar-refractivity contribution in [3.63, 3.8) is 0 Å². The van der Waals surface area contributed by atoms with Crippen LogP contribution in [0.3, 0.4) is 0 Å². The van der Waals surface area contributed by atoms with E-state index in [1.54, 1.807) is 38.6 Å². The van der Waals surface area contributed by atoms with Crippen LogP contribution in [0.1, 0.15) is 43.7 Å². The van der Waals surface area contributed by atoms with Crippen LogP contribution in [0, 0.1) is 0 Å². The van der Waals surface area contributed by atoms with Gasteiger partial charge < -0.3 is 20.1 Å². The molecule has 37 heavy (non-hydrogen) atoms. The van der Waals surface area contributed by atoms with Crippen LogP contribution in [0.15, 0.2) is 30.6 Å². The standard InChI is InChI=1S/C25H30N8O4/c1-14-12-36-13-15-7-16-11-31(5)30-21(16)17(8-15)28-20-9-18(32(6)24(35)37-25(2,3)4)22-26-10-19(23(34)27-14)33(22)29-20/h7-11,14H,12-13H2,1-6H3,(H,27,34)(H,28,29)/t14-/m1/s1. The Labute approximate surface area is 213 Å². The zero-order valence-electron chi connectivity index (χ0n) is 21.7. The number of benzene rings is 1. The summed E-state index contributed by atoms with van der Waals surface area (Å²) >= 11 is 0. The summed E-state index contributed by atoms with van der Waals surface area (Å²) in [5.74, 6) is 0.0295. The second-order valence-electron chi connectivity index (χ2n) is 10.2. The van der Waals surface area contributed by atoms with Crippen molar-refractivity contribution in [2.75, 3.05) is 23.9 Å². The van der Waals surface area contributed by atoms with Gasteiger partial charge in [0.25, 0.3) is 5.91 Å². The Kier molecular flexibility index (Phi) is 5.98. The third-order valence-corrected chi connectivity index (χ3v) is 5.77. The first-order chi connectivity index (χ1) is 17.5. The minimum atomic E-state index is -0.687. The highest BCUT2D eigenvalue weighted by molar-refractivity contribution is 5.97. The van der Waals surface area contributed by atoms with Crippen LogP contribution < -0.4 is 15.5 Å². The molecule has 1 aliphatic rings. The van der Waals surface area contributed by atoms with Gasteiger partial charge in [-0.25, -0.2) is 14.3 Å². The maximum absolute atomic E-state index is 13.1. The molecule has 1 atom stereocenters. The predicted octanol–water partition coefficient (Wildman–Crippen LogP) is 3.38. The Morgan fingerprint density at radius 2 is 2.03 bits per heavy atom. The molecule has 0 fully saturated rings. The highest BCUT2D eigenvalue weighted by Gasteiger charge is 2.26. The molecule has 1 aliphatic heterocycles. The Balaban J connectivity index is 1.69. The molecule has 1 aromatic carbocycles. The molecule has 12 nitrogen and oxygen atoms in total. The number of fused-ring (bicyclic) bond motifs is 5. The smallest absolute Gasteiger partial charge is 0.414 e. The maximum atomic E-state index is 13.1. The summed E-state index contributed by atoms with van der Waals surface area (Å²) in [5, 5.41) is 16.5. The number of carbonyl (C=O) groups is 2. The van der Waals surface area contributed by atoms with Gasteiger partial charge in [-0.05, 0) is 45.4 Å². The van der Waals surface area contributed by atoms with Gasteiger partial charge in [0, 0.05) is 37.8 Å². The Hall–Kier alpha value is -4.19. The fourth-order valence-electron chi connectivity index (χ4n) is 4.17. The third-order valence-electron chi connectivity index (χ3n) is 5.77. The van der Waals surface area contributed by atoms with Crippen LogP contribution in [0.25, 0.3) is 16.6 Å². The van der Waals surface area contributed by atoms with Gasteiger partial charge in [0.15, 0.2) is 17.2 Å². The number of hydrogen-bond donors (Lipinski definition) is 2. The number of imidazole rings is 1. The van der Waals surface area contributed by atoms with Crippen LogP contribution in [0.2, 0.25) is 0 Å². The molecule has 3 aromatic heterocycles. The average molecular weight is 507 g/mol. The van der Waals surface area contributed by atoms with Crippen molar-refractivity contribution in [1.29, 1.82) is 0 Å². The molecule has 194 valence electrons. The van der Waals surface area contributed by atoms with Gasteiger partial charge in [0.1, 0.15) is 11.1 Å². The summed E-state index contributed by atoms with van der Waals surface area (Å²) in [4.78, 5) is 31.8. The predicted molar refractivity (Wildman–Crippen MR) is 138 cm³/mol. The number of ether oxygens (including phenoxy) is 2. The van der Waals surface area contributed by atoms with Crippen LogP contribution in [0.5, 0.6) is 0 Å². The molecule has 0 unspecified atom stereocenters. The third kappa shape index (κ3) is 4.92. The van der Waals surface area contributed by atoms with Crippen molar-refractivity contribution < 1.29 is 19.1 Å². The fraction of sp³-hybridized carbons (Fsp3) is 0.400. The van der Waals surface area contributed by atoms with E-state index in [0.29, 0.717) is 36.1 Å². The molecule has 0 saturated carbocycles. The van der Waals surface area contributed by atoms with Gasteiger partial charge in [0.05, 0.1) is 30.8 Å². The van der Waals surface area contributed by atoms with E-state index >= 15 is 0 Å². The maximum Gasteiger partial charge on any atom is 0.414 e. The molecule has 2 amide bonds. The van der Waals surface area contributed by atoms with Crippen LogP contribution in [-0.4, -0.2) is 61.7 Å². The van der Waals surface area contributed by atoms with E-state index < -0.39 is 11.7 Å². The summed E-state index contributed by atoms with van der Waals surface area (Å²) < 4.78 is 14.6. The van der Waals surface area contributed by atoms with Gasteiger partial charge >= 0.3 is 6.09 Å². The first-order valence-electron chi connectivity index (χ1n) is 12.0. The number of nitrogens with one attached hydrogen (secondary N) is 2. The summed E-state index contributed by atoms with van der Waals surface area (Å²) in [6, 6.07) is 5.42. The van der Waals surface area contributed by atoms with Gasteiger partial charge in [-0.15, -0.1) is 5.10 Å². The lowest BCUT2D eigenvalue weighted by Gasteiger charge is -2.25. The SMILES string of the molecule is C[C@@H]1COCc2cc(c3nn(C)cc3c2)Nc2cc(N(C)C(=O)OC(C)(C)C)c3ncc(n3n2)C(=O)N1. The topological polar surface area (TPSA) is 128 Å². The van der Waals surface area contributed by atoms with E-state index in [9.17, 15) is 9.59 Å². The van der Waals surface area contributed by atoms with E-state index in [-0.39, 0.29) is 17.6 Å². The van der Waals surface area contributed by atoms with Crippen molar-refractivity contribution in [3.8, 4) is 0 Å². The lowest BCUT2D eigenvalue weighted by Crippen LogP contribution is -2.37. The number of aromatic nitrogens is 5. The van der Waals surface area contributed by atoms with E-state index in [2.05, 4.69) is 25.8 Å². The molecular formula is C25H30N8O4. The van der Waals surface area contributed by atoms with Crippen molar-refractivity contribution in [2.24, 2.45) is 7.05 Å². The Morgan fingerprint density at radius 1 is 1.24 bits per heavy atom. The number of aryl methyl sites for hydroxylation is 1. The van der Waals surface area contributed by atoms with Crippen molar-refractivity contribution >= 4 is 45.7 Å². The van der Waals surface area contributed by atoms with Crippen LogP contribution in [-0.2, 0) is 23.1 Å². The molecule has 0 radical (unpaired) electrons. The lowest BCUT2D eigenvalue weighted by molar-refractivity contribution is 0.0589. The molecule has 4 aromatic rings. The lowest BCUT2D eigenvalue weighted by atomic mass is 10.1. The first-order valence-corrected chi connectivity index (χ1v) is 12.0. The number of amides is 2. The van der Waals surface area contributed by atoms with E-state index in [0.717, 1.165) is 16.5 Å². The van der Waals surface area contributed by atoms with Crippen LogP contribution >= 0.6 is 0 Å². The zero-order valence-corrected chi connectivity index (χ0v) is 21.7. The molecule has 5 rings (SSSR count). The van der Waals surface area contributed by atoms with E-state index in [1.165, 1.54) is 15.6 Å². The summed E-state index contributed by atoms with van der Waals surface area (Å²) in [5.41, 5.74) is 2.68. The number of rotatable bonds is 1. The fourth-order valence-corrected chi connectivity index (χ4v) is 4.17. The van der Waals surface area contributed by atoms with Crippen LogP contribution in [0.4, 0.5) is 22.0 Å². The normalized spacial score (nSPS) is 16.4. The Morgan fingerprint density at radius 3 is 2.78 bits per heavy atom. The molecule has 0 spiro atoms. The molecule has 12 heteroatoms. The molecule has 0 saturated heterocycles. The van der Waals surface area contributed by atoms with Crippen molar-refractivity contribution in [1.82, 2.24) is 29.7 Å². The summed E-state index contributed by atoms with van der Waals surface area (Å²) in [6.07, 6.45) is 2.81. The zero-order chi connectivity index (χ0) is 26.5. The van der Waals surface area contributed by atoms with Crippen molar-refractivity contribution in [2.45, 2.75) is 45.9 Å². The minimum absolute atomic E-state index is 0.220. The largest absolute Gasteiger partial charge is 0.443 e. The van der Waals surface area contributed by atoms with Gasteiger partial charge in [-0.2, -0.15) is 5.10 Å². The summed E-state index contributed by atoms with van der Waals surface area (Å²) in [6.45, 7) is 7.94. The second-order valence-corrected chi connectivity index (χ2v) is 10.2. The molecule has 0 aliphatic carbocycles. The number of hydrogen-bond acceptors (Lipinski definition) is 8. The van der Waals surface area contributed by atoms with Gasteiger partial charge in [-0.3, -0.25) is 14.4 Å². The monoisotopic (exact) mass is 506 g/mol.